The van der Waals surface area contributed by atoms with E-state index in [1.807, 2.05) is 0 Å². The van der Waals surface area contributed by atoms with Crippen molar-refractivity contribution < 1.29 is 8.42 Å². The van der Waals surface area contributed by atoms with Gasteiger partial charge in [-0.3, -0.25) is 5.10 Å². The third-order valence-corrected chi connectivity index (χ3v) is 5.57. The van der Waals surface area contributed by atoms with Crippen molar-refractivity contribution in [3.05, 3.63) is 11.8 Å². The van der Waals surface area contributed by atoms with Gasteiger partial charge in [-0.15, -0.1) is 0 Å². The number of aromatic amines is 1. The van der Waals surface area contributed by atoms with Crippen molar-refractivity contribution in [2.45, 2.75) is 44.3 Å². The molecule has 0 saturated carbocycles. The summed E-state index contributed by atoms with van der Waals surface area (Å²) in [5, 5.41) is 9.72. The van der Waals surface area contributed by atoms with Crippen molar-refractivity contribution in [3.63, 3.8) is 0 Å². The predicted molar refractivity (Wildman–Crippen MR) is 73.1 cm³/mol. The molecule has 1 fully saturated rings. The molecule has 1 saturated heterocycles. The molecule has 108 valence electrons. The predicted octanol–water partition coefficient (Wildman–Crippen LogP) is 0.938. The summed E-state index contributed by atoms with van der Waals surface area (Å²) in [6.45, 7) is 5.23. The first-order valence-electron chi connectivity index (χ1n) is 6.67. The van der Waals surface area contributed by atoms with Crippen LogP contribution >= 0.6 is 0 Å². The van der Waals surface area contributed by atoms with Gasteiger partial charge in [-0.2, -0.15) is 9.40 Å². The lowest BCUT2D eigenvalue weighted by molar-refractivity contribution is 0.314. The van der Waals surface area contributed by atoms with Gasteiger partial charge in [0, 0.05) is 24.7 Å². The lowest BCUT2D eigenvalue weighted by Gasteiger charge is -2.26. The van der Waals surface area contributed by atoms with Crippen LogP contribution in [0.5, 0.6) is 0 Å². The Bertz CT molecular complexity index is 524. The summed E-state index contributed by atoms with van der Waals surface area (Å²) in [5.41, 5.74) is 0.692. The zero-order chi connectivity index (χ0) is 14.0. The minimum atomic E-state index is -3.47. The van der Waals surface area contributed by atoms with E-state index in [0.29, 0.717) is 24.6 Å². The molecule has 1 aromatic heterocycles. The van der Waals surface area contributed by atoms with Crippen molar-refractivity contribution in [2.75, 3.05) is 13.6 Å². The topological polar surface area (TPSA) is 78.1 Å². The molecule has 19 heavy (non-hydrogen) atoms. The van der Waals surface area contributed by atoms with Gasteiger partial charge in [-0.1, -0.05) is 13.8 Å². The van der Waals surface area contributed by atoms with Gasteiger partial charge in [-0.25, -0.2) is 8.42 Å². The van der Waals surface area contributed by atoms with Crippen LogP contribution in [0.3, 0.4) is 0 Å². The van der Waals surface area contributed by atoms with E-state index in [4.69, 9.17) is 0 Å². The highest BCUT2D eigenvalue weighted by Gasteiger charge is 2.38. The average Bonchev–Trinajstić information content (AvgIpc) is 2.97. The largest absolute Gasteiger partial charge is 0.316 e. The summed E-state index contributed by atoms with van der Waals surface area (Å²) in [4.78, 5) is 0. The highest BCUT2D eigenvalue weighted by Crippen LogP contribution is 2.30. The van der Waals surface area contributed by atoms with Gasteiger partial charge < -0.3 is 5.32 Å². The third-order valence-electron chi connectivity index (χ3n) is 3.63. The molecule has 1 unspecified atom stereocenters. The number of H-pyrrole nitrogens is 1. The summed E-state index contributed by atoms with van der Waals surface area (Å²) < 4.78 is 27.1. The van der Waals surface area contributed by atoms with Crippen LogP contribution in [-0.4, -0.2) is 42.6 Å². The van der Waals surface area contributed by atoms with Crippen molar-refractivity contribution in [1.29, 1.82) is 0 Å². The van der Waals surface area contributed by atoms with Crippen molar-refractivity contribution >= 4 is 10.0 Å². The van der Waals surface area contributed by atoms with Gasteiger partial charge in [0.05, 0.1) is 6.20 Å². The Hall–Kier alpha value is -0.920. The summed E-state index contributed by atoms with van der Waals surface area (Å²) in [6.07, 6.45) is 3.44. The first-order valence-corrected chi connectivity index (χ1v) is 8.11. The molecule has 0 aliphatic carbocycles. The number of hydrogen-bond acceptors (Lipinski definition) is 4. The molecular formula is C12H22N4O2S. The van der Waals surface area contributed by atoms with Gasteiger partial charge in [0.25, 0.3) is 10.0 Å². The molecule has 1 aromatic rings. The molecule has 2 rings (SSSR count). The minimum absolute atomic E-state index is 0.0933. The fourth-order valence-corrected chi connectivity index (χ4v) is 4.62. The van der Waals surface area contributed by atoms with E-state index < -0.39 is 10.0 Å². The smallest absolute Gasteiger partial charge is 0.260 e. The maximum absolute atomic E-state index is 12.7. The van der Waals surface area contributed by atoms with Gasteiger partial charge in [0.2, 0.25) is 0 Å². The molecule has 0 aromatic carbocycles. The molecule has 2 heterocycles. The summed E-state index contributed by atoms with van der Waals surface area (Å²) in [5.74, 6) is 0.327. The van der Waals surface area contributed by atoms with E-state index in [9.17, 15) is 8.42 Å². The standard InChI is InChI=1S/C12H22N4O2S/c1-9(2)11-5-4-6-16(11)19(17,18)12-10(7-13-3)8-14-15-12/h8-9,11,13H,4-7H2,1-3H3,(H,14,15). The van der Waals surface area contributed by atoms with Crippen LogP contribution < -0.4 is 5.32 Å². The summed E-state index contributed by atoms with van der Waals surface area (Å²) in [6, 6.07) is 0.0933. The molecular weight excluding hydrogens is 264 g/mol. The van der Waals surface area contributed by atoms with Crippen LogP contribution in [0.2, 0.25) is 0 Å². The third kappa shape index (κ3) is 2.68. The monoisotopic (exact) mass is 286 g/mol. The molecule has 2 N–H and O–H groups in total. The van der Waals surface area contributed by atoms with E-state index in [1.54, 1.807) is 17.5 Å². The molecule has 0 amide bonds. The first-order chi connectivity index (χ1) is 8.98. The maximum Gasteiger partial charge on any atom is 0.260 e. The molecule has 0 bridgehead atoms. The normalized spacial score (nSPS) is 21.4. The Labute approximate surface area is 114 Å². The highest BCUT2D eigenvalue weighted by atomic mass is 32.2. The highest BCUT2D eigenvalue weighted by molar-refractivity contribution is 7.89. The SMILES string of the molecule is CNCc1cn[nH]c1S(=O)(=O)N1CCCC1C(C)C. The number of nitrogens with one attached hydrogen (secondary N) is 2. The molecule has 1 atom stereocenters. The Balaban J connectivity index is 2.34. The van der Waals surface area contributed by atoms with Crippen LogP contribution in [0.25, 0.3) is 0 Å². The second-order valence-corrected chi connectivity index (χ2v) is 7.15. The van der Waals surface area contributed by atoms with E-state index >= 15 is 0 Å². The Morgan fingerprint density at radius 1 is 1.58 bits per heavy atom. The van der Waals surface area contributed by atoms with Gasteiger partial charge in [-0.05, 0) is 25.8 Å². The van der Waals surface area contributed by atoms with Crippen LogP contribution in [0.4, 0.5) is 0 Å². The van der Waals surface area contributed by atoms with E-state index in [0.717, 1.165) is 12.8 Å². The fraction of sp³-hybridized carbons (Fsp3) is 0.750. The first kappa shape index (κ1) is 14.5. The van der Waals surface area contributed by atoms with Crippen LogP contribution in [-0.2, 0) is 16.6 Å². The van der Waals surface area contributed by atoms with Gasteiger partial charge in [0.1, 0.15) is 0 Å². The van der Waals surface area contributed by atoms with E-state index in [1.165, 1.54) is 0 Å². The van der Waals surface area contributed by atoms with E-state index in [-0.39, 0.29) is 11.1 Å². The number of rotatable bonds is 5. The second kappa shape index (κ2) is 5.60. The molecule has 0 radical (unpaired) electrons. The quantitative estimate of drug-likeness (QED) is 0.844. The summed E-state index contributed by atoms with van der Waals surface area (Å²) in [7, 11) is -1.68. The molecule has 0 spiro atoms. The molecule has 6 nitrogen and oxygen atoms in total. The average molecular weight is 286 g/mol. The number of sulfonamides is 1. The number of hydrogen-bond donors (Lipinski definition) is 2. The number of aromatic nitrogens is 2. The maximum atomic E-state index is 12.7. The van der Waals surface area contributed by atoms with Crippen LogP contribution in [0, 0.1) is 5.92 Å². The summed E-state index contributed by atoms with van der Waals surface area (Å²) >= 11 is 0. The zero-order valence-electron chi connectivity index (χ0n) is 11.7. The van der Waals surface area contributed by atoms with Crippen molar-refractivity contribution in [1.82, 2.24) is 19.8 Å². The van der Waals surface area contributed by atoms with Gasteiger partial charge in [0.15, 0.2) is 5.03 Å². The van der Waals surface area contributed by atoms with Gasteiger partial charge >= 0.3 is 0 Å². The molecule has 1 aliphatic heterocycles. The minimum Gasteiger partial charge on any atom is -0.316 e. The van der Waals surface area contributed by atoms with Crippen LogP contribution in [0.1, 0.15) is 32.3 Å². The number of nitrogens with zero attached hydrogens (tertiary/aromatic N) is 2. The lowest BCUT2D eigenvalue weighted by Crippen LogP contribution is -2.39. The second-order valence-electron chi connectivity index (χ2n) is 5.32. The molecule has 1 aliphatic rings. The fourth-order valence-electron chi connectivity index (χ4n) is 2.69. The van der Waals surface area contributed by atoms with Crippen molar-refractivity contribution in [3.8, 4) is 0 Å². The Morgan fingerprint density at radius 2 is 2.32 bits per heavy atom. The zero-order valence-corrected chi connectivity index (χ0v) is 12.5. The van der Waals surface area contributed by atoms with Crippen molar-refractivity contribution in [2.24, 2.45) is 5.92 Å². The molecule has 7 heteroatoms. The Morgan fingerprint density at radius 3 is 2.95 bits per heavy atom. The van der Waals surface area contributed by atoms with E-state index in [2.05, 4.69) is 29.4 Å². The lowest BCUT2D eigenvalue weighted by atomic mass is 10.0. The van der Waals surface area contributed by atoms with Crippen LogP contribution in [0.15, 0.2) is 11.2 Å². The Kier molecular flexibility index (Phi) is 4.27.